The normalized spacial score (nSPS) is 14.4. The monoisotopic (exact) mass is 600 g/mol. The third-order valence-corrected chi connectivity index (χ3v) is 8.51. The Bertz CT molecular complexity index is 1570. The number of hydrogen-bond acceptors (Lipinski definition) is 9. The first kappa shape index (κ1) is 31.4. The summed E-state index contributed by atoms with van der Waals surface area (Å²) in [5, 5.41) is 20.3. The van der Waals surface area contributed by atoms with Gasteiger partial charge in [0.2, 0.25) is 5.75 Å². The molecule has 2 heterocycles. The molecule has 234 valence electrons. The lowest BCUT2D eigenvalue weighted by atomic mass is 10.1. The van der Waals surface area contributed by atoms with Crippen LogP contribution >= 0.6 is 0 Å². The molecule has 2 N–H and O–H groups in total. The number of fused-ring (bicyclic) bond motifs is 1. The van der Waals surface area contributed by atoms with Gasteiger partial charge in [-0.15, -0.1) is 0 Å². The molecule has 1 aliphatic rings. The molecule has 0 aliphatic carbocycles. The van der Waals surface area contributed by atoms with Gasteiger partial charge in [-0.05, 0) is 56.3 Å². The lowest BCUT2D eigenvalue weighted by Crippen LogP contribution is -2.47. The number of phenolic OH excluding ortho intramolecular Hbond substituents is 2. The van der Waals surface area contributed by atoms with E-state index in [4.69, 9.17) is 9.15 Å². The second-order valence-corrected chi connectivity index (χ2v) is 11.7. The largest absolute Gasteiger partial charge is 0.507 e. The number of hydrogen-bond donors (Lipinski definition) is 2. The first-order valence-corrected chi connectivity index (χ1v) is 15.4. The Kier molecular flexibility index (Phi) is 10.4. The van der Waals surface area contributed by atoms with E-state index in [-0.39, 0.29) is 28.2 Å². The molecule has 9 nitrogen and oxygen atoms in total. The summed E-state index contributed by atoms with van der Waals surface area (Å²) >= 11 is 0. The van der Waals surface area contributed by atoms with Gasteiger partial charge in [-0.2, -0.15) is 0 Å². The molecular weight excluding hydrogens is 556 g/mol. The molecule has 0 spiro atoms. The van der Waals surface area contributed by atoms with Crippen LogP contribution in [-0.2, 0) is 6.54 Å². The van der Waals surface area contributed by atoms with Crippen molar-refractivity contribution in [1.29, 1.82) is 0 Å². The maximum absolute atomic E-state index is 12.8. The van der Waals surface area contributed by atoms with E-state index >= 15 is 0 Å². The maximum atomic E-state index is 12.8. The predicted molar refractivity (Wildman–Crippen MR) is 176 cm³/mol. The predicted octanol–water partition coefficient (Wildman–Crippen LogP) is 4.85. The number of nitrogens with zero attached hydrogens (tertiary/aromatic N) is 4. The van der Waals surface area contributed by atoms with Crippen LogP contribution in [0.4, 0.5) is 5.69 Å². The Balaban J connectivity index is 1.04. The van der Waals surface area contributed by atoms with Crippen LogP contribution in [0.3, 0.4) is 0 Å². The molecule has 1 saturated heterocycles. The molecule has 0 unspecified atom stereocenters. The topological polar surface area (TPSA) is 92.9 Å². The average Bonchev–Trinajstić information content (AvgIpc) is 3.03. The Morgan fingerprint density at radius 3 is 2.23 bits per heavy atom. The highest BCUT2D eigenvalue weighted by Crippen LogP contribution is 2.40. The number of phenols is 2. The van der Waals surface area contributed by atoms with Gasteiger partial charge < -0.3 is 29.2 Å². The number of likely N-dealkylation sites (N-methyl/N-ethyl adjacent to an activating group) is 1. The van der Waals surface area contributed by atoms with Crippen molar-refractivity contribution in [3.05, 3.63) is 82.5 Å². The number of benzene rings is 3. The van der Waals surface area contributed by atoms with Gasteiger partial charge in [0.15, 0.2) is 16.8 Å². The van der Waals surface area contributed by atoms with Gasteiger partial charge in [0.25, 0.3) is 0 Å². The van der Waals surface area contributed by atoms with Crippen LogP contribution in [0.15, 0.2) is 75.9 Å². The molecule has 1 aromatic heterocycles. The fraction of sp³-hybridized carbons (Fsp3) is 0.400. The van der Waals surface area contributed by atoms with Crippen LogP contribution in [0.25, 0.3) is 22.3 Å². The van der Waals surface area contributed by atoms with Crippen LogP contribution in [-0.4, -0.2) is 98.5 Å². The average molecular weight is 601 g/mol. The quantitative estimate of drug-likeness (QED) is 0.209. The summed E-state index contributed by atoms with van der Waals surface area (Å²) in [5.74, 6) is -0.308. The van der Waals surface area contributed by atoms with Crippen molar-refractivity contribution in [1.82, 2.24) is 14.7 Å². The van der Waals surface area contributed by atoms with Gasteiger partial charge in [-0.25, -0.2) is 0 Å². The minimum absolute atomic E-state index is 0.0103. The molecule has 1 aliphatic heterocycles. The number of anilines is 1. The van der Waals surface area contributed by atoms with Crippen molar-refractivity contribution >= 4 is 16.7 Å². The van der Waals surface area contributed by atoms with Crippen LogP contribution in [0.2, 0.25) is 0 Å². The maximum Gasteiger partial charge on any atom is 0.204 e. The summed E-state index contributed by atoms with van der Waals surface area (Å²) in [5.41, 5.74) is 2.78. The summed E-state index contributed by atoms with van der Waals surface area (Å²) in [6, 6.07) is 21.0. The van der Waals surface area contributed by atoms with Crippen molar-refractivity contribution in [2.24, 2.45) is 0 Å². The van der Waals surface area contributed by atoms with E-state index in [9.17, 15) is 15.0 Å². The molecule has 1 fully saturated rings. The Hall–Kier alpha value is -4.05. The Morgan fingerprint density at radius 2 is 1.52 bits per heavy atom. The Morgan fingerprint density at radius 1 is 0.841 bits per heavy atom. The van der Waals surface area contributed by atoms with E-state index in [1.165, 1.54) is 18.7 Å². The molecule has 3 aromatic carbocycles. The third-order valence-electron chi connectivity index (χ3n) is 8.51. The van der Waals surface area contributed by atoms with E-state index in [0.717, 1.165) is 83.5 Å². The van der Waals surface area contributed by atoms with Crippen molar-refractivity contribution in [3.63, 3.8) is 0 Å². The second-order valence-electron chi connectivity index (χ2n) is 11.7. The van der Waals surface area contributed by atoms with Gasteiger partial charge >= 0.3 is 0 Å². The number of aromatic hydroxyl groups is 2. The van der Waals surface area contributed by atoms with Gasteiger partial charge in [0.1, 0.15) is 16.9 Å². The summed E-state index contributed by atoms with van der Waals surface area (Å²) in [4.78, 5) is 22.6. The zero-order valence-corrected chi connectivity index (χ0v) is 26.0. The van der Waals surface area contributed by atoms with Crippen molar-refractivity contribution in [2.75, 3.05) is 78.5 Å². The highest BCUT2D eigenvalue weighted by Gasteiger charge is 2.19. The fourth-order valence-corrected chi connectivity index (χ4v) is 5.80. The zero-order valence-electron chi connectivity index (χ0n) is 26.0. The number of methoxy groups -OCH3 is 1. The van der Waals surface area contributed by atoms with Gasteiger partial charge in [-0.3, -0.25) is 14.6 Å². The second kappa shape index (κ2) is 14.6. The molecule has 0 radical (unpaired) electrons. The van der Waals surface area contributed by atoms with E-state index in [2.05, 4.69) is 64.0 Å². The summed E-state index contributed by atoms with van der Waals surface area (Å²) in [6.45, 7) is 9.81. The summed E-state index contributed by atoms with van der Waals surface area (Å²) in [7, 11) is 5.68. The van der Waals surface area contributed by atoms with Crippen LogP contribution < -0.4 is 15.1 Å². The van der Waals surface area contributed by atoms with Gasteiger partial charge in [0, 0.05) is 82.8 Å². The lowest BCUT2D eigenvalue weighted by Gasteiger charge is -2.35. The molecule has 0 atom stereocenters. The first-order valence-electron chi connectivity index (χ1n) is 15.4. The molecule has 0 amide bonds. The zero-order chi connectivity index (χ0) is 31.1. The van der Waals surface area contributed by atoms with Crippen LogP contribution in [0.5, 0.6) is 17.2 Å². The van der Waals surface area contributed by atoms with Crippen molar-refractivity contribution in [3.8, 4) is 28.6 Å². The van der Waals surface area contributed by atoms with Gasteiger partial charge in [0.05, 0.1) is 7.11 Å². The van der Waals surface area contributed by atoms with Gasteiger partial charge in [-0.1, -0.05) is 30.3 Å². The summed E-state index contributed by atoms with van der Waals surface area (Å²) < 4.78 is 11.2. The molecular formula is C35H44N4O5. The highest BCUT2D eigenvalue weighted by atomic mass is 16.5. The molecule has 44 heavy (non-hydrogen) atoms. The van der Waals surface area contributed by atoms with Crippen LogP contribution in [0.1, 0.15) is 18.4 Å². The molecule has 4 aromatic rings. The van der Waals surface area contributed by atoms with Crippen molar-refractivity contribution in [2.45, 2.75) is 19.4 Å². The molecule has 0 bridgehead atoms. The lowest BCUT2D eigenvalue weighted by molar-refractivity contribution is 0.117. The minimum atomic E-state index is -0.412. The van der Waals surface area contributed by atoms with E-state index in [1.807, 2.05) is 24.3 Å². The van der Waals surface area contributed by atoms with Crippen molar-refractivity contribution < 1.29 is 19.4 Å². The number of unbranched alkanes of at least 4 members (excludes halogenated alkanes) is 1. The SMILES string of the molecule is COc1c(O)cc(O)c2c(=O)cc(-c3ccc(N(C)CCCCN(C)CCN4CCN(Cc5ccccc5)CC4)cc3)oc12. The standard InChI is InChI=1S/C35H44N4O5/c1-36(17-18-38-19-21-39(22-20-38)25-26-9-5-4-6-10-26)15-7-8-16-37(2)28-13-11-27(12-14-28)32-24-30(41)33-29(40)23-31(42)34(43-3)35(33)44-32/h4-6,9-14,23-24,40,42H,7-8,15-22,25H2,1-3H3. The highest BCUT2D eigenvalue weighted by molar-refractivity contribution is 5.91. The number of ether oxygens (including phenoxy) is 1. The number of piperazine rings is 1. The minimum Gasteiger partial charge on any atom is -0.507 e. The molecule has 9 heteroatoms. The van der Waals surface area contributed by atoms with E-state index in [0.29, 0.717) is 11.3 Å². The third kappa shape index (κ3) is 7.72. The number of rotatable bonds is 13. The molecule has 5 rings (SSSR count). The first-order chi connectivity index (χ1) is 21.3. The smallest absolute Gasteiger partial charge is 0.204 e. The molecule has 0 saturated carbocycles. The van der Waals surface area contributed by atoms with E-state index in [1.54, 1.807) is 0 Å². The summed E-state index contributed by atoms with van der Waals surface area (Å²) in [6.07, 6.45) is 2.22. The van der Waals surface area contributed by atoms with E-state index < -0.39 is 5.43 Å². The fourth-order valence-electron chi connectivity index (χ4n) is 5.80. The Labute approximate surface area is 259 Å². The van der Waals surface area contributed by atoms with Crippen LogP contribution in [0, 0.1) is 0 Å².